The highest BCUT2D eigenvalue weighted by molar-refractivity contribution is 5.84. The van der Waals surface area contributed by atoms with Gasteiger partial charge in [-0.3, -0.25) is 4.79 Å². The summed E-state index contributed by atoms with van der Waals surface area (Å²) in [6, 6.07) is 0. The topological polar surface area (TPSA) is 17.1 Å². The second-order valence-corrected chi connectivity index (χ2v) is 2.57. The van der Waals surface area contributed by atoms with Crippen LogP contribution in [-0.2, 0) is 4.79 Å². The molecule has 7 heteroatoms. The van der Waals surface area contributed by atoms with Gasteiger partial charge < -0.3 is 0 Å². The second-order valence-electron chi connectivity index (χ2n) is 2.57. The Hall–Kier alpha value is -0.750. The number of carbonyl (C=O) groups is 1. The molecule has 1 nitrogen and oxygen atoms in total. The summed E-state index contributed by atoms with van der Waals surface area (Å²) in [4.78, 5) is 10.1. The number of carbonyl (C=O) groups excluding carboxylic acids is 1. The third-order valence-corrected chi connectivity index (χ3v) is 1.37. The molecule has 0 heterocycles. The molecule has 1 unspecified atom stereocenters. The van der Waals surface area contributed by atoms with Gasteiger partial charge in [0.25, 0.3) is 0 Å². The Kier molecular flexibility index (Phi) is 3.34. The normalized spacial score (nSPS) is 15.6. The zero-order chi connectivity index (χ0) is 10.9. The maximum atomic E-state index is 11.7. The Morgan fingerprint density at radius 2 is 1.54 bits per heavy atom. The first-order valence-electron chi connectivity index (χ1n) is 3.22. The van der Waals surface area contributed by atoms with Crippen molar-refractivity contribution in [2.75, 3.05) is 0 Å². The summed E-state index contributed by atoms with van der Waals surface area (Å²) >= 11 is 0. The molecule has 1 atom stereocenters. The van der Waals surface area contributed by atoms with Crippen LogP contribution in [0.25, 0.3) is 0 Å². The maximum absolute atomic E-state index is 11.7. The van der Waals surface area contributed by atoms with E-state index in [1.54, 1.807) is 0 Å². The van der Waals surface area contributed by atoms with Crippen LogP contribution in [0.3, 0.4) is 0 Å². The summed E-state index contributed by atoms with van der Waals surface area (Å²) in [7, 11) is 0. The zero-order valence-corrected chi connectivity index (χ0v) is 6.46. The van der Waals surface area contributed by atoms with Crippen LogP contribution in [0.2, 0.25) is 0 Å². The third kappa shape index (κ3) is 4.14. The SMILES string of the molecule is CC(CC(=O)C(F)(F)F)C(F)(F)F. The summed E-state index contributed by atoms with van der Waals surface area (Å²) in [6.45, 7) is 0.531. The lowest BCUT2D eigenvalue weighted by Crippen LogP contribution is -2.30. The molecule has 0 fully saturated rings. The number of rotatable bonds is 2. The van der Waals surface area contributed by atoms with Gasteiger partial charge in [-0.15, -0.1) is 0 Å². The van der Waals surface area contributed by atoms with E-state index in [2.05, 4.69) is 0 Å². The van der Waals surface area contributed by atoms with E-state index in [4.69, 9.17) is 0 Å². The fraction of sp³-hybridized carbons (Fsp3) is 0.833. The molecule has 0 aromatic heterocycles. The highest BCUT2D eigenvalue weighted by atomic mass is 19.4. The van der Waals surface area contributed by atoms with Crippen molar-refractivity contribution in [1.29, 1.82) is 0 Å². The van der Waals surface area contributed by atoms with Gasteiger partial charge in [-0.2, -0.15) is 26.3 Å². The van der Waals surface area contributed by atoms with Gasteiger partial charge >= 0.3 is 12.4 Å². The Balaban J connectivity index is 4.24. The monoisotopic (exact) mass is 208 g/mol. The van der Waals surface area contributed by atoms with E-state index in [1.807, 2.05) is 0 Å². The standard InChI is InChI=1S/C6H6F6O/c1-3(5(7,8)9)2-4(13)6(10,11)12/h3H,2H2,1H3. The largest absolute Gasteiger partial charge is 0.449 e. The van der Waals surface area contributed by atoms with Crippen molar-refractivity contribution < 1.29 is 31.1 Å². The molecule has 0 saturated carbocycles. The van der Waals surface area contributed by atoms with Crippen LogP contribution in [0.4, 0.5) is 26.3 Å². The molecule has 0 amide bonds. The molecule has 0 aliphatic heterocycles. The van der Waals surface area contributed by atoms with Crippen LogP contribution < -0.4 is 0 Å². The molecule has 13 heavy (non-hydrogen) atoms. The maximum Gasteiger partial charge on any atom is 0.449 e. The number of alkyl halides is 6. The molecule has 0 aromatic carbocycles. The Bertz CT molecular complexity index is 190. The van der Waals surface area contributed by atoms with E-state index >= 15 is 0 Å². The molecule has 0 aliphatic carbocycles. The molecule has 0 spiro atoms. The van der Waals surface area contributed by atoms with Gasteiger partial charge in [0, 0.05) is 6.42 Å². The summed E-state index contributed by atoms with van der Waals surface area (Å²) in [5, 5.41) is 0. The van der Waals surface area contributed by atoms with Crippen molar-refractivity contribution in [3.05, 3.63) is 0 Å². The smallest absolute Gasteiger partial charge is 0.290 e. The fourth-order valence-electron chi connectivity index (χ4n) is 0.510. The average molecular weight is 208 g/mol. The lowest BCUT2D eigenvalue weighted by Gasteiger charge is -2.15. The van der Waals surface area contributed by atoms with E-state index in [0.29, 0.717) is 6.92 Å². The molecule has 0 radical (unpaired) electrons. The van der Waals surface area contributed by atoms with Crippen LogP contribution in [0.5, 0.6) is 0 Å². The summed E-state index contributed by atoms with van der Waals surface area (Å²) in [5.41, 5.74) is 0. The molecule has 0 saturated heterocycles. The third-order valence-electron chi connectivity index (χ3n) is 1.37. The van der Waals surface area contributed by atoms with Gasteiger partial charge in [-0.25, -0.2) is 0 Å². The van der Waals surface area contributed by atoms with Gasteiger partial charge in [0.2, 0.25) is 5.78 Å². The first-order valence-corrected chi connectivity index (χ1v) is 3.22. The average Bonchev–Trinajstić information content (AvgIpc) is 1.82. The van der Waals surface area contributed by atoms with Crippen molar-refractivity contribution in [1.82, 2.24) is 0 Å². The van der Waals surface area contributed by atoms with Crippen molar-refractivity contribution >= 4 is 5.78 Å². The number of hydrogen-bond acceptors (Lipinski definition) is 1. The molecular formula is C6H6F6O. The minimum absolute atomic E-state index is 0.531. The molecule has 0 aromatic rings. The summed E-state index contributed by atoms with van der Waals surface area (Å²) < 4.78 is 69.5. The first kappa shape index (κ1) is 12.2. The van der Waals surface area contributed by atoms with Crippen molar-refractivity contribution in [3.63, 3.8) is 0 Å². The predicted molar refractivity (Wildman–Crippen MR) is 30.9 cm³/mol. The number of ketones is 1. The summed E-state index contributed by atoms with van der Waals surface area (Å²) in [6.07, 6.45) is -11.5. The minimum Gasteiger partial charge on any atom is -0.290 e. The predicted octanol–water partition coefficient (Wildman–Crippen LogP) is 2.71. The first-order chi connectivity index (χ1) is 5.55. The molecular weight excluding hydrogens is 202 g/mol. The second kappa shape index (κ2) is 3.55. The van der Waals surface area contributed by atoms with E-state index in [0.717, 1.165) is 0 Å². The van der Waals surface area contributed by atoms with Gasteiger partial charge in [0.05, 0.1) is 5.92 Å². The highest BCUT2D eigenvalue weighted by Gasteiger charge is 2.44. The number of hydrogen-bond donors (Lipinski definition) is 0. The molecule has 0 rings (SSSR count). The molecule has 0 bridgehead atoms. The van der Waals surface area contributed by atoms with Gasteiger partial charge in [0.1, 0.15) is 0 Å². The van der Waals surface area contributed by atoms with Crippen molar-refractivity contribution in [2.45, 2.75) is 25.7 Å². The van der Waals surface area contributed by atoms with Crippen LogP contribution in [0.1, 0.15) is 13.3 Å². The van der Waals surface area contributed by atoms with Crippen LogP contribution in [0, 0.1) is 5.92 Å². The van der Waals surface area contributed by atoms with Crippen molar-refractivity contribution in [3.8, 4) is 0 Å². The van der Waals surface area contributed by atoms with E-state index in [-0.39, 0.29) is 0 Å². The van der Waals surface area contributed by atoms with E-state index in [9.17, 15) is 31.1 Å². The Labute approximate surface area is 69.7 Å². The quantitative estimate of drug-likeness (QED) is 0.637. The van der Waals surface area contributed by atoms with Crippen LogP contribution in [-0.4, -0.2) is 18.1 Å². The Morgan fingerprint density at radius 3 is 1.77 bits per heavy atom. The van der Waals surface area contributed by atoms with Crippen molar-refractivity contribution in [2.24, 2.45) is 5.92 Å². The lowest BCUT2D eigenvalue weighted by molar-refractivity contribution is -0.190. The van der Waals surface area contributed by atoms with Gasteiger partial charge in [-0.1, -0.05) is 6.92 Å². The van der Waals surface area contributed by atoms with Gasteiger partial charge in [-0.05, 0) is 0 Å². The molecule has 0 N–H and O–H groups in total. The van der Waals surface area contributed by atoms with E-state index < -0.39 is 30.5 Å². The van der Waals surface area contributed by atoms with Gasteiger partial charge in [0.15, 0.2) is 0 Å². The molecule has 78 valence electrons. The molecule has 0 aliphatic rings. The summed E-state index contributed by atoms with van der Waals surface area (Å²) in [5.74, 6) is -4.61. The number of Topliss-reactive ketones (excluding diaryl/α,β-unsaturated/α-hetero) is 1. The fourth-order valence-corrected chi connectivity index (χ4v) is 0.510. The zero-order valence-electron chi connectivity index (χ0n) is 6.46. The Morgan fingerprint density at radius 1 is 1.15 bits per heavy atom. The minimum atomic E-state index is -5.18. The lowest BCUT2D eigenvalue weighted by atomic mass is 10.0. The van der Waals surface area contributed by atoms with E-state index in [1.165, 1.54) is 0 Å². The number of halogens is 6. The van der Waals surface area contributed by atoms with Crippen LogP contribution in [0.15, 0.2) is 0 Å². The van der Waals surface area contributed by atoms with Crippen LogP contribution >= 0.6 is 0 Å². The highest BCUT2D eigenvalue weighted by Crippen LogP contribution is 2.31.